The summed E-state index contributed by atoms with van der Waals surface area (Å²) in [6.07, 6.45) is 1.46. The number of aromatic nitrogens is 1. The summed E-state index contributed by atoms with van der Waals surface area (Å²) in [5.74, 6) is 0. The standard InChI is InChI=1S/C6H6N2O2/c1-4-3-7-6(9)2-5(4)8-10/h2-3H,1H3,(H,7,9). The normalized spacial score (nSPS) is 9.30. The van der Waals surface area contributed by atoms with Crippen molar-refractivity contribution in [1.29, 1.82) is 0 Å². The average Bonchev–Trinajstić information content (AvgIpc) is 1.94. The van der Waals surface area contributed by atoms with Crippen LogP contribution in [-0.4, -0.2) is 4.98 Å². The first-order valence-corrected chi connectivity index (χ1v) is 2.77. The number of aryl methyl sites for hydroxylation is 1. The number of aromatic amines is 1. The second-order valence-corrected chi connectivity index (χ2v) is 1.96. The molecule has 4 heteroatoms. The summed E-state index contributed by atoms with van der Waals surface area (Å²) in [4.78, 5) is 22.9. The third kappa shape index (κ3) is 1.10. The van der Waals surface area contributed by atoms with E-state index in [1.54, 1.807) is 6.92 Å². The van der Waals surface area contributed by atoms with E-state index in [1.165, 1.54) is 12.3 Å². The third-order valence-electron chi connectivity index (χ3n) is 1.20. The Labute approximate surface area is 56.9 Å². The fourth-order valence-corrected chi connectivity index (χ4v) is 0.631. The van der Waals surface area contributed by atoms with Crippen molar-refractivity contribution >= 4 is 5.69 Å². The molecule has 1 rings (SSSR count). The lowest BCUT2D eigenvalue weighted by molar-refractivity contribution is 1.19. The Morgan fingerprint density at radius 2 is 2.30 bits per heavy atom. The number of nitrogens with zero attached hydrogens (tertiary/aromatic N) is 1. The summed E-state index contributed by atoms with van der Waals surface area (Å²) < 4.78 is 0. The Morgan fingerprint density at radius 1 is 1.60 bits per heavy atom. The second-order valence-electron chi connectivity index (χ2n) is 1.96. The van der Waals surface area contributed by atoms with Gasteiger partial charge in [-0.15, -0.1) is 4.91 Å². The average molecular weight is 138 g/mol. The first-order chi connectivity index (χ1) is 4.74. The maximum absolute atomic E-state index is 10.5. The Kier molecular flexibility index (Phi) is 1.62. The van der Waals surface area contributed by atoms with Gasteiger partial charge in [-0.2, -0.15) is 0 Å². The predicted molar refractivity (Wildman–Crippen MR) is 37.3 cm³/mol. The van der Waals surface area contributed by atoms with E-state index in [0.29, 0.717) is 5.56 Å². The maximum atomic E-state index is 10.5. The summed E-state index contributed by atoms with van der Waals surface area (Å²) in [7, 11) is 0. The van der Waals surface area contributed by atoms with Gasteiger partial charge in [-0.05, 0) is 17.7 Å². The van der Waals surface area contributed by atoms with Crippen molar-refractivity contribution in [3.8, 4) is 0 Å². The van der Waals surface area contributed by atoms with Crippen molar-refractivity contribution in [2.75, 3.05) is 0 Å². The lowest BCUT2D eigenvalue weighted by atomic mass is 10.3. The van der Waals surface area contributed by atoms with Crippen molar-refractivity contribution in [2.45, 2.75) is 6.92 Å². The quantitative estimate of drug-likeness (QED) is 0.590. The van der Waals surface area contributed by atoms with Crippen LogP contribution in [-0.2, 0) is 0 Å². The Balaban J connectivity index is 3.35. The summed E-state index contributed by atoms with van der Waals surface area (Å²) in [6, 6.07) is 1.17. The lowest BCUT2D eigenvalue weighted by Gasteiger charge is -1.91. The number of hydrogen-bond acceptors (Lipinski definition) is 3. The highest BCUT2D eigenvalue weighted by Crippen LogP contribution is 2.11. The predicted octanol–water partition coefficient (Wildman–Crippen LogP) is 1.08. The van der Waals surface area contributed by atoms with E-state index in [4.69, 9.17) is 0 Å². The lowest BCUT2D eigenvalue weighted by Crippen LogP contribution is -2.01. The molecule has 1 aromatic rings. The Bertz CT molecular complexity index is 303. The van der Waals surface area contributed by atoms with E-state index in [-0.39, 0.29) is 11.2 Å². The molecule has 0 fully saturated rings. The van der Waals surface area contributed by atoms with Crippen LogP contribution in [0.5, 0.6) is 0 Å². The molecule has 0 saturated heterocycles. The van der Waals surface area contributed by atoms with Gasteiger partial charge in [0.15, 0.2) is 0 Å². The van der Waals surface area contributed by atoms with E-state index in [2.05, 4.69) is 10.2 Å². The summed E-state index contributed by atoms with van der Waals surface area (Å²) >= 11 is 0. The SMILES string of the molecule is Cc1c[nH]c(=O)cc1N=O. The summed E-state index contributed by atoms with van der Waals surface area (Å²) in [5, 5.41) is 2.66. The molecule has 0 bridgehead atoms. The molecular formula is C6H6N2O2. The fourth-order valence-electron chi connectivity index (χ4n) is 0.631. The second kappa shape index (κ2) is 2.43. The van der Waals surface area contributed by atoms with E-state index in [1.807, 2.05) is 0 Å². The molecule has 0 atom stereocenters. The summed E-state index contributed by atoms with van der Waals surface area (Å²) in [5.41, 5.74) is 0.568. The zero-order valence-corrected chi connectivity index (χ0v) is 5.42. The van der Waals surface area contributed by atoms with Gasteiger partial charge in [0.2, 0.25) is 5.56 Å². The molecule has 0 spiro atoms. The molecule has 0 unspecified atom stereocenters. The van der Waals surface area contributed by atoms with Gasteiger partial charge in [-0.25, -0.2) is 0 Å². The molecule has 0 radical (unpaired) electrons. The van der Waals surface area contributed by atoms with E-state index >= 15 is 0 Å². The van der Waals surface area contributed by atoms with Crippen molar-refractivity contribution in [1.82, 2.24) is 4.98 Å². The van der Waals surface area contributed by atoms with Gasteiger partial charge in [0.25, 0.3) is 0 Å². The minimum Gasteiger partial charge on any atom is -0.329 e. The molecule has 1 N–H and O–H groups in total. The third-order valence-corrected chi connectivity index (χ3v) is 1.20. The number of pyridine rings is 1. The monoisotopic (exact) mass is 138 g/mol. The van der Waals surface area contributed by atoms with Gasteiger partial charge in [0.1, 0.15) is 5.69 Å². The van der Waals surface area contributed by atoms with Crippen molar-refractivity contribution in [3.63, 3.8) is 0 Å². The van der Waals surface area contributed by atoms with Crippen LogP contribution in [0, 0.1) is 11.8 Å². The van der Waals surface area contributed by atoms with Crippen LogP contribution < -0.4 is 5.56 Å². The largest absolute Gasteiger partial charge is 0.329 e. The number of H-pyrrole nitrogens is 1. The Morgan fingerprint density at radius 3 is 2.80 bits per heavy atom. The maximum Gasteiger partial charge on any atom is 0.250 e. The smallest absolute Gasteiger partial charge is 0.250 e. The molecular weight excluding hydrogens is 132 g/mol. The molecule has 0 aliphatic rings. The zero-order chi connectivity index (χ0) is 7.56. The van der Waals surface area contributed by atoms with Crippen LogP contribution in [0.25, 0.3) is 0 Å². The van der Waals surface area contributed by atoms with Crippen LogP contribution in [0.1, 0.15) is 5.56 Å². The fraction of sp³-hybridized carbons (Fsp3) is 0.167. The molecule has 0 aromatic carbocycles. The minimum atomic E-state index is -0.305. The van der Waals surface area contributed by atoms with Gasteiger partial charge < -0.3 is 4.98 Å². The van der Waals surface area contributed by atoms with Crippen molar-refractivity contribution in [3.05, 3.63) is 33.1 Å². The highest BCUT2D eigenvalue weighted by Gasteiger charge is 1.96. The van der Waals surface area contributed by atoms with E-state index in [9.17, 15) is 9.70 Å². The van der Waals surface area contributed by atoms with Crippen LogP contribution in [0.3, 0.4) is 0 Å². The highest BCUT2D eigenvalue weighted by atomic mass is 16.3. The molecule has 1 aromatic heterocycles. The van der Waals surface area contributed by atoms with Gasteiger partial charge >= 0.3 is 0 Å². The van der Waals surface area contributed by atoms with Gasteiger partial charge in [-0.1, -0.05) is 0 Å². The molecule has 0 saturated carbocycles. The van der Waals surface area contributed by atoms with Gasteiger partial charge in [0.05, 0.1) is 0 Å². The molecule has 0 aliphatic heterocycles. The van der Waals surface area contributed by atoms with Crippen molar-refractivity contribution < 1.29 is 0 Å². The van der Waals surface area contributed by atoms with Crippen LogP contribution >= 0.6 is 0 Å². The number of rotatable bonds is 1. The van der Waals surface area contributed by atoms with Crippen LogP contribution in [0.2, 0.25) is 0 Å². The first kappa shape index (κ1) is 6.67. The van der Waals surface area contributed by atoms with Gasteiger partial charge in [0, 0.05) is 12.3 Å². The molecule has 0 amide bonds. The number of nitroso groups, excluding NO2 is 1. The molecule has 10 heavy (non-hydrogen) atoms. The van der Waals surface area contributed by atoms with E-state index in [0.717, 1.165) is 0 Å². The van der Waals surface area contributed by atoms with Crippen molar-refractivity contribution in [2.24, 2.45) is 5.18 Å². The number of nitrogens with one attached hydrogen (secondary N) is 1. The van der Waals surface area contributed by atoms with Gasteiger partial charge in [-0.3, -0.25) is 4.79 Å². The first-order valence-electron chi connectivity index (χ1n) is 2.77. The molecule has 4 nitrogen and oxygen atoms in total. The Hall–Kier alpha value is -1.45. The summed E-state index contributed by atoms with van der Waals surface area (Å²) in [6.45, 7) is 1.70. The van der Waals surface area contributed by atoms with E-state index < -0.39 is 0 Å². The minimum absolute atomic E-state index is 0.198. The van der Waals surface area contributed by atoms with Crippen LogP contribution in [0.15, 0.2) is 22.2 Å². The molecule has 52 valence electrons. The van der Waals surface area contributed by atoms with Crippen LogP contribution in [0.4, 0.5) is 5.69 Å². The zero-order valence-electron chi connectivity index (χ0n) is 5.42. The molecule has 1 heterocycles. The topological polar surface area (TPSA) is 62.3 Å². The number of hydrogen-bond donors (Lipinski definition) is 1. The molecule has 0 aliphatic carbocycles. The highest BCUT2D eigenvalue weighted by molar-refractivity contribution is 5.41.